The van der Waals surface area contributed by atoms with Crippen molar-refractivity contribution in [3.63, 3.8) is 0 Å². The third kappa shape index (κ3) is 4.67. The number of nitrogens with zero attached hydrogens (tertiary/aromatic N) is 2. The molecule has 0 aromatic heterocycles. The Labute approximate surface area is 145 Å². The maximum Gasteiger partial charge on any atom is 0.229 e. The number of benzene rings is 1. The van der Waals surface area contributed by atoms with Crippen molar-refractivity contribution in [1.29, 1.82) is 0 Å². The van der Waals surface area contributed by atoms with Crippen molar-refractivity contribution >= 4 is 40.1 Å². The molecule has 1 atom stereocenters. The number of nitrogens with one attached hydrogen (secondary N) is 1. The summed E-state index contributed by atoms with van der Waals surface area (Å²) in [5.41, 5.74) is 0.812. The molecule has 1 aliphatic heterocycles. The van der Waals surface area contributed by atoms with E-state index in [2.05, 4.69) is 32.8 Å². The van der Waals surface area contributed by atoms with Crippen LogP contribution in [-0.2, 0) is 9.59 Å². The number of hydrogen-bond donors (Lipinski definition) is 1. The topological polar surface area (TPSA) is 52.6 Å². The SMILES string of the molecule is CN(C)CCCN1CC(C(=O)Nc2ccccc2I)CC1=O. The predicted molar refractivity (Wildman–Crippen MR) is 95.6 cm³/mol. The number of carbonyl (C=O) groups excluding carboxylic acids is 2. The summed E-state index contributed by atoms with van der Waals surface area (Å²) in [6.45, 7) is 2.20. The van der Waals surface area contributed by atoms with Crippen molar-refractivity contribution in [2.24, 2.45) is 5.92 Å². The molecule has 120 valence electrons. The number of anilines is 1. The van der Waals surface area contributed by atoms with Gasteiger partial charge in [0, 0.05) is 23.1 Å². The molecule has 1 N–H and O–H groups in total. The number of amides is 2. The van der Waals surface area contributed by atoms with Crippen molar-refractivity contribution in [2.75, 3.05) is 39.0 Å². The highest BCUT2D eigenvalue weighted by atomic mass is 127. The molecule has 1 aliphatic rings. The van der Waals surface area contributed by atoms with E-state index in [0.29, 0.717) is 13.0 Å². The van der Waals surface area contributed by atoms with Crippen LogP contribution in [0.25, 0.3) is 0 Å². The van der Waals surface area contributed by atoms with Crippen molar-refractivity contribution in [3.05, 3.63) is 27.8 Å². The van der Waals surface area contributed by atoms with Crippen LogP contribution >= 0.6 is 22.6 Å². The highest BCUT2D eigenvalue weighted by Crippen LogP contribution is 2.22. The van der Waals surface area contributed by atoms with Crippen LogP contribution in [0.2, 0.25) is 0 Å². The molecule has 2 rings (SSSR count). The van der Waals surface area contributed by atoms with E-state index in [0.717, 1.165) is 28.8 Å². The maximum atomic E-state index is 12.3. The second kappa shape index (κ2) is 7.92. The van der Waals surface area contributed by atoms with Crippen LogP contribution in [0, 0.1) is 9.49 Å². The molecule has 0 saturated carbocycles. The molecule has 1 aromatic carbocycles. The zero-order chi connectivity index (χ0) is 16.1. The molecular formula is C16H22IN3O2. The van der Waals surface area contributed by atoms with Gasteiger partial charge in [0.05, 0.1) is 11.6 Å². The Balaban J connectivity index is 1.87. The van der Waals surface area contributed by atoms with Crippen LogP contribution in [0.1, 0.15) is 12.8 Å². The summed E-state index contributed by atoms with van der Waals surface area (Å²) < 4.78 is 1.00. The number of hydrogen-bond acceptors (Lipinski definition) is 3. The van der Waals surface area contributed by atoms with Crippen LogP contribution in [0.3, 0.4) is 0 Å². The van der Waals surface area contributed by atoms with E-state index in [1.54, 1.807) is 0 Å². The quantitative estimate of drug-likeness (QED) is 0.724. The average molecular weight is 415 g/mol. The Morgan fingerprint density at radius 2 is 2.14 bits per heavy atom. The van der Waals surface area contributed by atoms with E-state index >= 15 is 0 Å². The van der Waals surface area contributed by atoms with Gasteiger partial charge in [-0.15, -0.1) is 0 Å². The predicted octanol–water partition coefficient (Wildman–Crippen LogP) is 2.03. The van der Waals surface area contributed by atoms with E-state index in [1.165, 1.54) is 0 Å². The third-order valence-electron chi connectivity index (χ3n) is 3.75. The zero-order valence-electron chi connectivity index (χ0n) is 13.0. The number of halogens is 1. The molecule has 1 unspecified atom stereocenters. The summed E-state index contributed by atoms with van der Waals surface area (Å²) in [6, 6.07) is 7.66. The van der Waals surface area contributed by atoms with Crippen LogP contribution in [-0.4, -0.2) is 55.3 Å². The van der Waals surface area contributed by atoms with Gasteiger partial charge in [0.1, 0.15) is 0 Å². The minimum atomic E-state index is -0.247. The molecule has 0 radical (unpaired) electrons. The van der Waals surface area contributed by atoms with Gasteiger partial charge in [0.2, 0.25) is 11.8 Å². The summed E-state index contributed by atoms with van der Waals surface area (Å²) in [7, 11) is 4.03. The molecule has 1 saturated heterocycles. The molecule has 0 bridgehead atoms. The fourth-order valence-electron chi connectivity index (χ4n) is 2.54. The first-order chi connectivity index (χ1) is 10.5. The second-order valence-corrected chi connectivity index (χ2v) is 7.03. The number of para-hydroxylation sites is 1. The molecule has 0 aliphatic carbocycles. The summed E-state index contributed by atoms with van der Waals surface area (Å²) in [5.74, 6) is -0.225. The van der Waals surface area contributed by atoms with Crippen molar-refractivity contribution in [3.8, 4) is 0 Å². The highest BCUT2D eigenvalue weighted by Gasteiger charge is 2.34. The molecule has 1 fully saturated rings. The van der Waals surface area contributed by atoms with Crippen LogP contribution in [0.5, 0.6) is 0 Å². The van der Waals surface area contributed by atoms with Gasteiger partial charge in [-0.2, -0.15) is 0 Å². The minimum absolute atomic E-state index is 0.0624. The highest BCUT2D eigenvalue weighted by molar-refractivity contribution is 14.1. The minimum Gasteiger partial charge on any atom is -0.342 e. The standard InChI is InChI=1S/C16H22IN3O2/c1-19(2)8-5-9-20-11-12(10-15(20)21)16(22)18-14-7-4-3-6-13(14)17/h3-4,6-7,12H,5,8-11H2,1-2H3,(H,18,22). The van der Waals surface area contributed by atoms with Gasteiger partial charge in [0.25, 0.3) is 0 Å². The average Bonchev–Trinajstić information content (AvgIpc) is 2.83. The number of rotatable bonds is 6. The first-order valence-corrected chi connectivity index (χ1v) is 8.53. The Bertz CT molecular complexity index is 548. The van der Waals surface area contributed by atoms with Gasteiger partial charge in [-0.3, -0.25) is 9.59 Å². The van der Waals surface area contributed by atoms with Crippen molar-refractivity contribution in [2.45, 2.75) is 12.8 Å². The van der Waals surface area contributed by atoms with Crippen LogP contribution in [0.15, 0.2) is 24.3 Å². The lowest BCUT2D eigenvalue weighted by atomic mass is 10.1. The Kier molecular flexibility index (Phi) is 6.19. The van der Waals surface area contributed by atoms with E-state index < -0.39 is 0 Å². The normalized spacial score (nSPS) is 18.1. The summed E-state index contributed by atoms with van der Waals surface area (Å²) >= 11 is 2.19. The summed E-state index contributed by atoms with van der Waals surface area (Å²) in [6.07, 6.45) is 1.25. The van der Waals surface area contributed by atoms with Gasteiger partial charge >= 0.3 is 0 Å². The molecule has 2 amide bonds. The van der Waals surface area contributed by atoms with Crippen LogP contribution < -0.4 is 5.32 Å². The first-order valence-electron chi connectivity index (χ1n) is 7.45. The van der Waals surface area contributed by atoms with Gasteiger partial charge in [-0.1, -0.05) is 12.1 Å². The van der Waals surface area contributed by atoms with Gasteiger partial charge in [0.15, 0.2) is 0 Å². The molecule has 5 nitrogen and oxygen atoms in total. The number of carbonyl (C=O) groups is 2. The molecule has 22 heavy (non-hydrogen) atoms. The Hall–Kier alpha value is -1.15. The smallest absolute Gasteiger partial charge is 0.229 e. The fourth-order valence-corrected chi connectivity index (χ4v) is 3.06. The van der Waals surface area contributed by atoms with Gasteiger partial charge < -0.3 is 15.1 Å². The molecule has 0 spiro atoms. The zero-order valence-corrected chi connectivity index (χ0v) is 15.2. The maximum absolute atomic E-state index is 12.3. The lowest BCUT2D eigenvalue weighted by Gasteiger charge is -2.18. The van der Waals surface area contributed by atoms with Crippen LogP contribution in [0.4, 0.5) is 5.69 Å². The lowest BCUT2D eigenvalue weighted by Crippen LogP contribution is -2.30. The molecule has 6 heteroatoms. The van der Waals surface area contributed by atoms with Gasteiger partial charge in [-0.05, 0) is 61.8 Å². The second-order valence-electron chi connectivity index (χ2n) is 5.87. The Morgan fingerprint density at radius 3 is 2.82 bits per heavy atom. The van der Waals surface area contributed by atoms with Crippen molar-refractivity contribution < 1.29 is 9.59 Å². The summed E-state index contributed by atoms with van der Waals surface area (Å²) in [5, 5.41) is 2.93. The molecule has 1 heterocycles. The molecule has 1 aromatic rings. The molecular weight excluding hydrogens is 393 g/mol. The summed E-state index contributed by atoms with van der Waals surface area (Å²) in [4.78, 5) is 28.3. The van der Waals surface area contributed by atoms with Crippen molar-refractivity contribution in [1.82, 2.24) is 9.80 Å². The van der Waals surface area contributed by atoms with E-state index in [9.17, 15) is 9.59 Å². The van der Waals surface area contributed by atoms with E-state index in [1.807, 2.05) is 43.3 Å². The number of likely N-dealkylation sites (tertiary alicyclic amines) is 1. The Morgan fingerprint density at radius 1 is 1.41 bits per heavy atom. The monoisotopic (exact) mass is 415 g/mol. The lowest BCUT2D eigenvalue weighted by molar-refractivity contribution is -0.128. The third-order valence-corrected chi connectivity index (χ3v) is 4.69. The van der Waals surface area contributed by atoms with Gasteiger partial charge in [-0.25, -0.2) is 0 Å². The first kappa shape index (κ1) is 17.2. The fraction of sp³-hybridized carbons (Fsp3) is 0.500. The van der Waals surface area contributed by atoms with E-state index in [4.69, 9.17) is 0 Å². The largest absolute Gasteiger partial charge is 0.342 e. The van der Waals surface area contributed by atoms with E-state index in [-0.39, 0.29) is 17.7 Å².